The van der Waals surface area contributed by atoms with Gasteiger partial charge >= 0.3 is 0 Å². The number of hydrogen-bond donors (Lipinski definition) is 2. The Hall–Kier alpha value is -2.33. The van der Waals surface area contributed by atoms with Crippen molar-refractivity contribution in [3.05, 3.63) is 59.7 Å². The number of amides is 1. The van der Waals surface area contributed by atoms with Crippen LogP contribution in [0.3, 0.4) is 0 Å². The number of anilines is 1. The summed E-state index contributed by atoms with van der Waals surface area (Å²) in [6.45, 7) is 2.53. The molecule has 0 aliphatic rings. The summed E-state index contributed by atoms with van der Waals surface area (Å²) in [4.78, 5) is 11.8. The Morgan fingerprint density at radius 2 is 1.90 bits per heavy atom. The van der Waals surface area contributed by atoms with Gasteiger partial charge in [0, 0.05) is 12.2 Å². The van der Waals surface area contributed by atoms with Gasteiger partial charge in [-0.25, -0.2) is 0 Å². The van der Waals surface area contributed by atoms with Crippen LogP contribution in [-0.4, -0.2) is 12.5 Å². The van der Waals surface area contributed by atoms with Crippen LogP contribution >= 0.6 is 0 Å². The highest BCUT2D eigenvalue weighted by Crippen LogP contribution is 2.13. The molecule has 0 heterocycles. The first kappa shape index (κ1) is 15.1. The minimum atomic E-state index is -0.191. The van der Waals surface area contributed by atoms with E-state index in [1.165, 1.54) is 5.56 Å². The molecule has 0 saturated carbocycles. The molecule has 0 radical (unpaired) electrons. The van der Waals surface area contributed by atoms with Crippen LogP contribution in [0.1, 0.15) is 18.1 Å². The van der Waals surface area contributed by atoms with Crippen molar-refractivity contribution >= 4 is 11.6 Å². The van der Waals surface area contributed by atoms with E-state index in [1.54, 1.807) is 0 Å². The molecule has 0 atom stereocenters. The van der Waals surface area contributed by atoms with Crippen LogP contribution in [0.15, 0.2) is 48.5 Å². The van der Waals surface area contributed by atoms with Crippen LogP contribution in [0.5, 0.6) is 5.75 Å². The Balaban J connectivity index is 1.86. The second-order valence-electron chi connectivity index (χ2n) is 4.74. The highest BCUT2D eigenvalue weighted by atomic mass is 16.5. The molecule has 0 bridgehead atoms. The summed E-state index contributed by atoms with van der Waals surface area (Å²) in [5.41, 5.74) is 8.52. The highest BCUT2D eigenvalue weighted by Gasteiger charge is 2.04. The zero-order chi connectivity index (χ0) is 15.1. The normalized spacial score (nSPS) is 10.2. The largest absolute Gasteiger partial charge is 0.484 e. The van der Waals surface area contributed by atoms with E-state index < -0.39 is 0 Å². The average molecular weight is 284 g/mol. The summed E-state index contributed by atoms with van der Waals surface area (Å²) >= 11 is 0. The number of nitrogens with two attached hydrogens (primary N) is 1. The fourth-order valence-corrected chi connectivity index (χ4v) is 1.94. The molecule has 0 aromatic heterocycles. The van der Waals surface area contributed by atoms with E-state index in [2.05, 4.69) is 12.2 Å². The Morgan fingerprint density at radius 3 is 2.57 bits per heavy atom. The number of carbonyl (C=O) groups is 1. The summed E-state index contributed by atoms with van der Waals surface area (Å²) < 4.78 is 5.46. The Bertz CT molecular complexity index is 594. The van der Waals surface area contributed by atoms with E-state index >= 15 is 0 Å². The van der Waals surface area contributed by atoms with Gasteiger partial charge in [-0.2, -0.15) is 0 Å². The maximum atomic E-state index is 11.8. The molecule has 0 aliphatic heterocycles. The molecule has 4 heteroatoms. The second kappa shape index (κ2) is 7.45. The van der Waals surface area contributed by atoms with E-state index in [0.717, 1.165) is 17.7 Å². The second-order valence-corrected chi connectivity index (χ2v) is 4.74. The minimum absolute atomic E-state index is 0.0156. The van der Waals surface area contributed by atoms with E-state index in [-0.39, 0.29) is 12.5 Å². The van der Waals surface area contributed by atoms with Crippen LogP contribution < -0.4 is 15.8 Å². The van der Waals surface area contributed by atoms with Gasteiger partial charge < -0.3 is 15.8 Å². The summed E-state index contributed by atoms with van der Waals surface area (Å²) in [5.74, 6) is 0.502. The molecule has 2 rings (SSSR count). The van der Waals surface area contributed by atoms with Gasteiger partial charge in [0.05, 0.1) is 0 Å². The lowest BCUT2D eigenvalue weighted by Crippen LogP contribution is -2.20. The number of hydrogen-bond acceptors (Lipinski definition) is 3. The van der Waals surface area contributed by atoms with Crippen LogP contribution in [0.25, 0.3) is 0 Å². The van der Waals surface area contributed by atoms with Gasteiger partial charge in [-0.15, -0.1) is 0 Å². The lowest BCUT2D eigenvalue weighted by Gasteiger charge is -2.09. The van der Waals surface area contributed by atoms with Crippen molar-refractivity contribution < 1.29 is 9.53 Å². The van der Waals surface area contributed by atoms with Crippen LogP contribution in [0, 0.1) is 0 Å². The zero-order valence-electron chi connectivity index (χ0n) is 12.1. The fraction of sp³-hybridized carbons (Fsp3) is 0.235. The molecule has 21 heavy (non-hydrogen) atoms. The molecule has 0 fully saturated rings. The zero-order valence-corrected chi connectivity index (χ0v) is 12.1. The van der Waals surface area contributed by atoms with E-state index in [4.69, 9.17) is 10.5 Å². The summed E-state index contributed by atoms with van der Waals surface area (Å²) in [5, 5.41) is 2.79. The molecule has 1 amide bonds. The van der Waals surface area contributed by atoms with E-state index in [9.17, 15) is 4.79 Å². The third-order valence-electron chi connectivity index (χ3n) is 3.15. The lowest BCUT2D eigenvalue weighted by atomic mass is 10.2. The summed E-state index contributed by atoms with van der Waals surface area (Å²) in [6.07, 6.45) is 0.984. The number of nitrogens with one attached hydrogen (secondary N) is 1. The quantitative estimate of drug-likeness (QED) is 0.857. The predicted molar refractivity (Wildman–Crippen MR) is 84.3 cm³/mol. The van der Waals surface area contributed by atoms with Crippen LogP contribution in [0.4, 0.5) is 5.69 Å². The van der Waals surface area contributed by atoms with Crippen molar-refractivity contribution in [3.8, 4) is 5.75 Å². The van der Waals surface area contributed by atoms with Crippen molar-refractivity contribution in [2.75, 3.05) is 11.9 Å². The number of carbonyl (C=O) groups excluding carboxylic acids is 1. The van der Waals surface area contributed by atoms with Gasteiger partial charge in [-0.1, -0.05) is 31.2 Å². The summed E-state index contributed by atoms with van der Waals surface area (Å²) in [7, 11) is 0. The molecule has 0 spiro atoms. The molecule has 2 aromatic carbocycles. The van der Waals surface area contributed by atoms with Crippen LogP contribution in [-0.2, 0) is 17.8 Å². The van der Waals surface area contributed by atoms with Gasteiger partial charge in [0.15, 0.2) is 6.61 Å². The van der Waals surface area contributed by atoms with E-state index in [0.29, 0.717) is 12.3 Å². The van der Waals surface area contributed by atoms with Crippen LogP contribution in [0.2, 0.25) is 0 Å². The lowest BCUT2D eigenvalue weighted by molar-refractivity contribution is -0.118. The van der Waals surface area contributed by atoms with Gasteiger partial charge in [0.1, 0.15) is 5.75 Å². The smallest absolute Gasteiger partial charge is 0.262 e. The Labute approximate surface area is 124 Å². The molecule has 0 unspecified atom stereocenters. The Kier molecular flexibility index (Phi) is 5.35. The molecule has 3 N–H and O–H groups in total. The first-order valence-electron chi connectivity index (χ1n) is 7.02. The number of rotatable bonds is 6. The first-order valence-corrected chi connectivity index (χ1v) is 7.02. The van der Waals surface area contributed by atoms with Crippen molar-refractivity contribution in [1.82, 2.24) is 0 Å². The van der Waals surface area contributed by atoms with Gasteiger partial charge in [0.25, 0.3) is 5.91 Å². The number of ether oxygens (including phenoxy) is 1. The van der Waals surface area contributed by atoms with Crippen molar-refractivity contribution in [2.45, 2.75) is 19.9 Å². The fourth-order valence-electron chi connectivity index (χ4n) is 1.94. The molecular weight excluding hydrogens is 264 g/mol. The third-order valence-corrected chi connectivity index (χ3v) is 3.15. The monoisotopic (exact) mass is 284 g/mol. The maximum absolute atomic E-state index is 11.8. The van der Waals surface area contributed by atoms with Crippen molar-refractivity contribution in [2.24, 2.45) is 5.73 Å². The standard InChI is InChI=1S/C17H20N2O2/c1-2-13-6-8-16(9-7-13)21-12-17(20)19-15-5-3-4-14(10-15)11-18/h3-10H,2,11-12,18H2,1H3,(H,19,20). The first-order chi connectivity index (χ1) is 10.2. The van der Waals surface area contributed by atoms with Crippen molar-refractivity contribution in [3.63, 3.8) is 0 Å². The highest BCUT2D eigenvalue weighted by molar-refractivity contribution is 5.91. The molecule has 2 aromatic rings. The van der Waals surface area contributed by atoms with Crippen molar-refractivity contribution in [1.29, 1.82) is 0 Å². The molecule has 110 valence electrons. The molecular formula is C17H20N2O2. The SMILES string of the molecule is CCc1ccc(OCC(=O)Nc2cccc(CN)c2)cc1. The Morgan fingerprint density at radius 1 is 1.14 bits per heavy atom. The average Bonchev–Trinajstić information content (AvgIpc) is 2.53. The van der Waals surface area contributed by atoms with Gasteiger partial charge in [-0.3, -0.25) is 4.79 Å². The summed E-state index contributed by atoms with van der Waals surface area (Å²) in [6, 6.07) is 15.2. The number of benzene rings is 2. The predicted octanol–water partition coefficient (Wildman–Crippen LogP) is 2.73. The minimum Gasteiger partial charge on any atom is -0.484 e. The molecule has 0 saturated heterocycles. The van der Waals surface area contributed by atoms with Gasteiger partial charge in [0.2, 0.25) is 0 Å². The van der Waals surface area contributed by atoms with Gasteiger partial charge in [-0.05, 0) is 41.8 Å². The molecule has 0 aliphatic carbocycles. The molecule has 4 nitrogen and oxygen atoms in total. The topological polar surface area (TPSA) is 64.3 Å². The third kappa shape index (κ3) is 4.61. The number of aryl methyl sites for hydroxylation is 1. The van der Waals surface area contributed by atoms with E-state index in [1.807, 2.05) is 48.5 Å². The maximum Gasteiger partial charge on any atom is 0.262 e.